The van der Waals surface area contributed by atoms with Crippen molar-refractivity contribution >= 4 is 24.2 Å². The van der Waals surface area contributed by atoms with E-state index in [9.17, 15) is 0 Å². The highest BCUT2D eigenvalue weighted by Crippen LogP contribution is 2.16. The molecule has 0 amide bonds. The van der Waals surface area contributed by atoms with Crippen molar-refractivity contribution in [1.82, 2.24) is 0 Å². The van der Waals surface area contributed by atoms with E-state index in [1.54, 1.807) is 0 Å². The van der Waals surface area contributed by atoms with Gasteiger partial charge in [-0.05, 0) is 18.6 Å². The minimum absolute atomic E-state index is 0.846. The average Bonchev–Trinajstić information content (AvgIpc) is 2.85. The second-order valence-electron chi connectivity index (χ2n) is 11.0. The Hall–Kier alpha value is 0.640. The zero-order chi connectivity index (χ0) is 24.6. The predicted octanol–water partition coefficient (Wildman–Crippen LogP) is 12.9. The fourth-order valence-electron chi connectivity index (χ4n) is 5.16. The zero-order valence-corrected chi connectivity index (χ0v) is 25.1. The molecule has 206 valence electrons. The molecule has 0 aliphatic rings. The van der Waals surface area contributed by atoms with E-state index in [-0.39, 0.29) is 0 Å². The number of unbranched alkanes of at least 4 members (excludes halogenated alkanes) is 29. The molecule has 0 aliphatic carbocycles. The molecular weight excluding hydrogens is 452 g/mol. The molecule has 0 nitrogen and oxygen atoms in total. The second-order valence-corrected chi connectivity index (χ2v) is 11.8. The molecule has 0 rings (SSSR count). The van der Waals surface area contributed by atoms with E-state index >= 15 is 0 Å². The summed E-state index contributed by atoms with van der Waals surface area (Å²) in [4.78, 5) is 0. The van der Waals surface area contributed by atoms with Gasteiger partial charge in [0.15, 0.2) is 0 Å². The monoisotopic (exact) mass is 516 g/mol. The van der Waals surface area contributed by atoms with Crippen LogP contribution in [0.15, 0.2) is 0 Å². The lowest BCUT2D eigenvalue weighted by Crippen LogP contribution is -1.85. The molecule has 0 unspecified atom stereocenters. The van der Waals surface area contributed by atoms with Gasteiger partial charge in [0, 0.05) is 5.88 Å². The molecule has 0 radical (unpaired) electrons. The molecule has 0 N–H and O–H groups in total. The predicted molar refractivity (Wildman–Crippen MR) is 163 cm³/mol. The van der Waals surface area contributed by atoms with Gasteiger partial charge >= 0.3 is 0 Å². The first kappa shape index (κ1) is 34.6. The topological polar surface area (TPSA) is 0 Å². The van der Waals surface area contributed by atoms with Gasteiger partial charge in [-0.15, -0.1) is 11.6 Å². The first-order valence-corrected chi connectivity index (χ1v) is 17.3. The number of halogens is 1. The second kappa shape index (κ2) is 33.6. The van der Waals surface area contributed by atoms with Gasteiger partial charge < -0.3 is 0 Å². The summed E-state index contributed by atoms with van der Waals surface area (Å²) in [6.45, 7) is 0. The van der Waals surface area contributed by atoms with Crippen molar-refractivity contribution < 1.29 is 0 Å². The maximum atomic E-state index is 5.72. The summed E-state index contributed by atoms with van der Waals surface area (Å²) in [5.41, 5.74) is 0. The summed E-state index contributed by atoms with van der Waals surface area (Å²) in [5, 5.41) is 0. The van der Waals surface area contributed by atoms with Crippen LogP contribution >= 0.6 is 24.2 Å². The Balaban J connectivity index is 2.99. The smallest absolute Gasteiger partial charge is 0.0223 e. The lowest BCUT2D eigenvalue weighted by Gasteiger charge is -2.04. The molecule has 0 aromatic rings. The van der Waals surface area contributed by atoms with Crippen LogP contribution in [-0.4, -0.2) is 11.6 Å². The van der Waals surface area contributed by atoms with Gasteiger partial charge in [0.05, 0.1) is 0 Å². The molecule has 0 heterocycles. The summed E-state index contributed by atoms with van der Waals surface area (Å²) >= 11 is 10.00. The van der Waals surface area contributed by atoms with E-state index in [4.69, 9.17) is 11.6 Å². The maximum absolute atomic E-state index is 5.72. The van der Waals surface area contributed by atoms with Gasteiger partial charge in [-0.3, -0.25) is 0 Å². The van der Waals surface area contributed by atoms with Crippen LogP contribution in [0.2, 0.25) is 0 Å². The quantitative estimate of drug-likeness (QED) is 0.0528. The molecule has 0 spiro atoms. The molecule has 34 heavy (non-hydrogen) atoms. The summed E-state index contributed by atoms with van der Waals surface area (Å²) in [7, 11) is 0. The highest BCUT2D eigenvalue weighted by molar-refractivity contribution is 7.80. The Bertz CT molecular complexity index is 301. The SMILES string of the molecule is SCCCCCCCCCCCCCCCCCCCCCCCCCCCCCCCCCl. The molecule has 0 atom stereocenters. The molecule has 0 aromatic heterocycles. The molecule has 0 saturated carbocycles. The number of hydrogen-bond acceptors (Lipinski definition) is 1. The van der Waals surface area contributed by atoms with Crippen LogP contribution in [0.5, 0.6) is 0 Å². The third kappa shape index (κ3) is 32.6. The van der Waals surface area contributed by atoms with Gasteiger partial charge in [-0.1, -0.05) is 180 Å². The van der Waals surface area contributed by atoms with Crippen molar-refractivity contribution in [1.29, 1.82) is 0 Å². The van der Waals surface area contributed by atoms with Gasteiger partial charge in [0.25, 0.3) is 0 Å². The number of hydrogen-bond donors (Lipinski definition) is 1. The van der Waals surface area contributed by atoms with E-state index < -0.39 is 0 Å². The van der Waals surface area contributed by atoms with E-state index in [0.29, 0.717) is 0 Å². The van der Waals surface area contributed by atoms with Crippen molar-refractivity contribution in [3.63, 3.8) is 0 Å². The molecule has 0 saturated heterocycles. The summed E-state index contributed by atoms with van der Waals surface area (Å²) < 4.78 is 0. The maximum Gasteiger partial charge on any atom is 0.0223 e. The fraction of sp³-hybridized carbons (Fsp3) is 1.00. The molecular formula is C32H65ClS. The van der Waals surface area contributed by atoms with Crippen LogP contribution in [0.3, 0.4) is 0 Å². The van der Waals surface area contributed by atoms with Crippen LogP contribution in [0.4, 0.5) is 0 Å². The van der Waals surface area contributed by atoms with Gasteiger partial charge in [-0.25, -0.2) is 0 Å². The minimum atomic E-state index is 0.846. The van der Waals surface area contributed by atoms with Crippen molar-refractivity contribution in [2.24, 2.45) is 0 Å². The summed E-state index contributed by atoms with van der Waals surface area (Å²) in [6, 6.07) is 0. The molecule has 2 heteroatoms. The van der Waals surface area contributed by atoms with Crippen molar-refractivity contribution in [2.75, 3.05) is 11.6 Å². The van der Waals surface area contributed by atoms with Crippen LogP contribution in [0.25, 0.3) is 0 Å². The van der Waals surface area contributed by atoms with Gasteiger partial charge in [0.2, 0.25) is 0 Å². The molecule has 0 fully saturated rings. The number of thiol groups is 1. The minimum Gasteiger partial charge on any atom is -0.179 e. The number of rotatable bonds is 31. The van der Waals surface area contributed by atoms with Crippen molar-refractivity contribution in [3.8, 4) is 0 Å². The van der Waals surface area contributed by atoms with E-state index in [1.807, 2.05) is 0 Å². The largest absolute Gasteiger partial charge is 0.179 e. The van der Waals surface area contributed by atoms with Crippen LogP contribution in [0.1, 0.15) is 193 Å². The zero-order valence-electron chi connectivity index (χ0n) is 23.5. The summed E-state index contributed by atoms with van der Waals surface area (Å²) in [6.07, 6.45) is 43.4. The van der Waals surface area contributed by atoms with Gasteiger partial charge in [-0.2, -0.15) is 12.6 Å². The van der Waals surface area contributed by atoms with E-state index in [0.717, 1.165) is 11.6 Å². The summed E-state index contributed by atoms with van der Waals surface area (Å²) in [5.74, 6) is 1.91. The first-order valence-electron chi connectivity index (χ1n) is 16.1. The third-order valence-corrected chi connectivity index (χ3v) is 8.13. The first-order chi connectivity index (χ1) is 16.9. The Kier molecular flexibility index (Phi) is 34.3. The Morgan fingerprint density at radius 2 is 0.382 bits per heavy atom. The molecule has 0 aromatic carbocycles. The normalized spacial score (nSPS) is 11.5. The van der Waals surface area contributed by atoms with E-state index in [2.05, 4.69) is 12.6 Å². The Morgan fingerprint density at radius 1 is 0.235 bits per heavy atom. The Morgan fingerprint density at radius 3 is 0.529 bits per heavy atom. The van der Waals surface area contributed by atoms with Gasteiger partial charge in [0.1, 0.15) is 0 Å². The van der Waals surface area contributed by atoms with Crippen LogP contribution < -0.4 is 0 Å². The standard InChI is InChI=1S/C32H65ClS/c33-31-29-27-25-23-21-19-17-15-13-11-9-7-5-3-1-2-4-6-8-10-12-14-16-18-20-22-24-26-28-30-32-34/h34H,1-32H2. The number of alkyl halides is 1. The lowest BCUT2D eigenvalue weighted by molar-refractivity contribution is 0.513. The highest BCUT2D eigenvalue weighted by Gasteiger charge is 1.97. The van der Waals surface area contributed by atoms with Crippen LogP contribution in [-0.2, 0) is 0 Å². The highest BCUT2D eigenvalue weighted by atomic mass is 35.5. The lowest BCUT2D eigenvalue weighted by atomic mass is 10.0. The van der Waals surface area contributed by atoms with E-state index in [1.165, 1.54) is 193 Å². The van der Waals surface area contributed by atoms with Crippen molar-refractivity contribution in [2.45, 2.75) is 193 Å². The third-order valence-electron chi connectivity index (χ3n) is 7.54. The molecule has 0 aliphatic heterocycles. The fourth-order valence-corrected chi connectivity index (χ4v) is 5.57. The van der Waals surface area contributed by atoms with Crippen LogP contribution in [0, 0.1) is 0 Å². The Labute approximate surface area is 228 Å². The average molecular weight is 517 g/mol. The van der Waals surface area contributed by atoms with Crippen molar-refractivity contribution in [3.05, 3.63) is 0 Å². The molecule has 0 bridgehead atoms.